The van der Waals surface area contributed by atoms with E-state index < -0.39 is 11.8 Å². The van der Waals surface area contributed by atoms with Gasteiger partial charge in [-0.3, -0.25) is 14.4 Å². The Kier molecular flexibility index (Phi) is 9.63. The first-order valence-electron chi connectivity index (χ1n) is 18.7. The summed E-state index contributed by atoms with van der Waals surface area (Å²) in [5.41, 5.74) is 5.13. The van der Waals surface area contributed by atoms with Gasteiger partial charge in [0.2, 0.25) is 0 Å². The Morgan fingerprint density at radius 1 is 0.533 bits per heavy atom. The van der Waals surface area contributed by atoms with Crippen LogP contribution in [0.25, 0.3) is 32.7 Å². The van der Waals surface area contributed by atoms with Gasteiger partial charge in [-0.15, -0.1) is 10.2 Å². The lowest BCUT2D eigenvalue weighted by Gasteiger charge is -2.12. The second-order valence-electron chi connectivity index (χ2n) is 14.1. The molecule has 1 aliphatic rings. The largest absolute Gasteiger partial charge is 0.505 e. The lowest BCUT2D eigenvalue weighted by Crippen LogP contribution is -2.12. The number of hydrogen-bond acceptors (Lipinski definition) is 9. The van der Waals surface area contributed by atoms with E-state index in [-0.39, 0.29) is 50.5 Å². The molecule has 0 spiro atoms. The third-order valence-electron chi connectivity index (χ3n) is 10.2. The Labute approximate surface area is 347 Å². The van der Waals surface area contributed by atoms with Crippen LogP contribution in [0.15, 0.2) is 166 Å². The second-order valence-corrected chi connectivity index (χ2v) is 14.5. The number of nitrogens with zero attached hydrogens (tertiary/aromatic N) is 4. The van der Waals surface area contributed by atoms with Gasteiger partial charge in [0, 0.05) is 27.6 Å². The van der Waals surface area contributed by atoms with Gasteiger partial charge in [0.15, 0.2) is 17.3 Å². The number of nitrogens with one attached hydrogen (secondary N) is 2. The number of ketones is 1. The third kappa shape index (κ3) is 6.99. The van der Waals surface area contributed by atoms with Crippen molar-refractivity contribution in [2.75, 3.05) is 10.6 Å². The van der Waals surface area contributed by atoms with E-state index >= 15 is 0 Å². The van der Waals surface area contributed by atoms with E-state index in [4.69, 9.17) is 11.6 Å². The molecule has 11 nitrogen and oxygen atoms in total. The van der Waals surface area contributed by atoms with Gasteiger partial charge in [-0.25, -0.2) is 0 Å². The van der Waals surface area contributed by atoms with E-state index in [1.165, 1.54) is 0 Å². The molecular formula is C48H31ClN6O5. The Balaban J connectivity index is 0.991. The fraction of sp³-hybridized carbons (Fsp3) is 0.0208. The number of phenols is 2. The second kappa shape index (κ2) is 15.4. The molecule has 1 aliphatic carbocycles. The number of halogens is 1. The van der Waals surface area contributed by atoms with Gasteiger partial charge in [0.1, 0.15) is 11.4 Å². The van der Waals surface area contributed by atoms with Gasteiger partial charge in [0.25, 0.3) is 11.8 Å². The zero-order valence-corrected chi connectivity index (χ0v) is 32.4. The van der Waals surface area contributed by atoms with Crippen molar-refractivity contribution >= 4 is 84.9 Å². The van der Waals surface area contributed by atoms with Crippen molar-refractivity contribution in [2.45, 2.75) is 6.92 Å². The van der Waals surface area contributed by atoms with Crippen LogP contribution in [0.3, 0.4) is 0 Å². The molecule has 0 aliphatic heterocycles. The van der Waals surface area contributed by atoms with E-state index in [0.717, 1.165) is 5.56 Å². The summed E-state index contributed by atoms with van der Waals surface area (Å²) >= 11 is 6.24. The standard InChI is InChI=1S/C48H31ClN6O5/c1-26-9-8-12-29(21-26)50-48(60)39-22-27-10-2-4-13-32(27)42(45(39)57)54-52-30-17-19-34-35-20-18-31(25-38(35)44(56)37(34)24-30)53-55-43-33-14-5-3-11-28(33)23-41(46(43)58)51-47(59)36-15-6-7-16-40(36)49/h2-25,57-58H,1H3,(H,50,60)(H,51,59). The maximum absolute atomic E-state index is 13.9. The first-order valence-corrected chi connectivity index (χ1v) is 19.1. The van der Waals surface area contributed by atoms with Gasteiger partial charge in [-0.2, -0.15) is 10.2 Å². The van der Waals surface area contributed by atoms with Crippen molar-refractivity contribution < 1.29 is 24.6 Å². The Morgan fingerprint density at radius 3 is 1.73 bits per heavy atom. The number of carbonyl (C=O) groups excluding carboxylic acids is 3. The molecule has 0 aromatic heterocycles. The first-order chi connectivity index (χ1) is 29.1. The molecule has 0 fully saturated rings. The summed E-state index contributed by atoms with van der Waals surface area (Å²) < 4.78 is 0. The molecule has 0 unspecified atom stereocenters. The average Bonchev–Trinajstić information content (AvgIpc) is 3.53. The molecule has 290 valence electrons. The summed E-state index contributed by atoms with van der Waals surface area (Å²) in [6, 6.07) is 41.9. The van der Waals surface area contributed by atoms with Crippen LogP contribution in [0.1, 0.15) is 42.2 Å². The fourth-order valence-corrected chi connectivity index (χ4v) is 7.48. The average molecular weight is 807 g/mol. The van der Waals surface area contributed by atoms with Crippen LogP contribution in [0, 0.1) is 6.92 Å². The van der Waals surface area contributed by atoms with Gasteiger partial charge in [0.05, 0.1) is 33.2 Å². The molecule has 0 saturated heterocycles. The zero-order valence-electron chi connectivity index (χ0n) is 31.6. The lowest BCUT2D eigenvalue weighted by atomic mass is 10.0. The van der Waals surface area contributed by atoms with Crippen LogP contribution < -0.4 is 10.6 Å². The van der Waals surface area contributed by atoms with Crippen molar-refractivity contribution in [3.05, 3.63) is 178 Å². The minimum atomic E-state index is -0.505. The lowest BCUT2D eigenvalue weighted by molar-refractivity contribution is 0.101. The van der Waals surface area contributed by atoms with Crippen LogP contribution in [0.5, 0.6) is 11.5 Å². The number of phenolic OH excluding ortho intramolecular Hbond substituents is 2. The van der Waals surface area contributed by atoms with E-state index in [1.54, 1.807) is 103 Å². The number of hydrogen-bond donors (Lipinski definition) is 4. The molecule has 60 heavy (non-hydrogen) atoms. The summed E-state index contributed by atoms with van der Waals surface area (Å²) in [6.07, 6.45) is 0. The number of carbonyl (C=O) groups is 3. The van der Waals surface area contributed by atoms with Crippen molar-refractivity contribution in [1.82, 2.24) is 0 Å². The van der Waals surface area contributed by atoms with E-state index in [0.29, 0.717) is 60.9 Å². The number of aromatic hydroxyl groups is 2. The van der Waals surface area contributed by atoms with Crippen LogP contribution >= 0.6 is 11.6 Å². The van der Waals surface area contributed by atoms with Gasteiger partial charge < -0.3 is 20.8 Å². The highest BCUT2D eigenvalue weighted by Crippen LogP contribution is 2.45. The molecule has 12 heteroatoms. The maximum atomic E-state index is 13.9. The number of azo groups is 2. The Morgan fingerprint density at radius 2 is 1.10 bits per heavy atom. The highest BCUT2D eigenvalue weighted by molar-refractivity contribution is 6.34. The topological polar surface area (TPSA) is 165 Å². The minimum Gasteiger partial charge on any atom is -0.505 e. The van der Waals surface area contributed by atoms with Crippen molar-refractivity contribution in [1.29, 1.82) is 0 Å². The zero-order chi connectivity index (χ0) is 41.5. The summed E-state index contributed by atoms with van der Waals surface area (Å²) in [4.78, 5) is 40.3. The molecule has 8 aromatic carbocycles. The maximum Gasteiger partial charge on any atom is 0.259 e. The number of rotatable bonds is 8. The Hall–Kier alpha value is -8.02. The van der Waals surface area contributed by atoms with E-state index in [1.807, 2.05) is 49.4 Å². The third-order valence-corrected chi connectivity index (χ3v) is 10.5. The number of anilines is 2. The molecule has 4 N–H and O–H groups in total. The predicted molar refractivity (Wildman–Crippen MR) is 233 cm³/mol. The molecule has 0 heterocycles. The molecule has 0 radical (unpaired) electrons. The van der Waals surface area contributed by atoms with Crippen LogP contribution in [0.2, 0.25) is 5.02 Å². The first kappa shape index (κ1) is 37.6. The summed E-state index contributed by atoms with van der Waals surface area (Å²) in [7, 11) is 0. The number of aryl methyl sites for hydroxylation is 1. The highest BCUT2D eigenvalue weighted by Gasteiger charge is 2.28. The van der Waals surface area contributed by atoms with Gasteiger partial charge in [-0.05, 0) is 95.1 Å². The van der Waals surface area contributed by atoms with Gasteiger partial charge in [-0.1, -0.05) is 96.5 Å². The van der Waals surface area contributed by atoms with Crippen molar-refractivity contribution in [3.63, 3.8) is 0 Å². The summed E-state index contributed by atoms with van der Waals surface area (Å²) in [6.45, 7) is 1.92. The van der Waals surface area contributed by atoms with Crippen LogP contribution in [0.4, 0.5) is 34.1 Å². The van der Waals surface area contributed by atoms with E-state index in [9.17, 15) is 24.6 Å². The van der Waals surface area contributed by atoms with Crippen LogP contribution in [-0.2, 0) is 0 Å². The number of amides is 2. The number of fused-ring (bicyclic) bond motifs is 5. The molecule has 2 amide bonds. The smallest absolute Gasteiger partial charge is 0.259 e. The molecule has 0 atom stereocenters. The normalized spacial score (nSPS) is 12.0. The highest BCUT2D eigenvalue weighted by atomic mass is 35.5. The molecule has 0 bridgehead atoms. The van der Waals surface area contributed by atoms with Crippen LogP contribution in [-0.4, -0.2) is 27.8 Å². The molecule has 0 saturated carbocycles. The summed E-state index contributed by atoms with van der Waals surface area (Å²) in [5, 5.41) is 48.8. The van der Waals surface area contributed by atoms with Crippen molar-refractivity contribution in [2.24, 2.45) is 20.5 Å². The van der Waals surface area contributed by atoms with Crippen molar-refractivity contribution in [3.8, 4) is 22.6 Å². The Bertz CT molecular complexity index is 3180. The number of benzene rings is 8. The predicted octanol–water partition coefficient (Wildman–Crippen LogP) is 12.9. The van der Waals surface area contributed by atoms with E-state index in [2.05, 4.69) is 31.1 Å². The SMILES string of the molecule is Cc1cccc(NC(=O)c2cc3ccccc3c(N=Nc3ccc4c(c3)C(=O)c3cc(N=Nc5c(O)c(NC(=O)c6ccccc6Cl)cc6ccccc56)ccc3-4)c2O)c1. The summed E-state index contributed by atoms with van der Waals surface area (Å²) in [5.74, 6) is -1.88. The quantitative estimate of drug-likeness (QED) is 0.0885. The monoisotopic (exact) mass is 806 g/mol. The minimum absolute atomic E-state index is 0.0352. The fourth-order valence-electron chi connectivity index (χ4n) is 7.26. The molecule has 8 aromatic rings. The molecular weight excluding hydrogens is 776 g/mol. The molecule has 9 rings (SSSR count). The van der Waals surface area contributed by atoms with Gasteiger partial charge >= 0.3 is 0 Å².